The van der Waals surface area contributed by atoms with Gasteiger partial charge in [0.05, 0.1) is 12.7 Å². The van der Waals surface area contributed by atoms with E-state index in [9.17, 15) is 9.59 Å². The van der Waals surface area contributed by atoms with Gasteiger partial charge in [0.1, 0.15) is 0 Å². The van der Waals surface area contributed by atoms with Gasteiger partial charge in [-0.1, -0.05) is 11.8 Å². The Morgan fingerprint density at radius 1 is 1.62 bits per heavy atom. The van der Waals surface area contributed by atoms with E-state index in [2.05, 4.69) is 22.2 Å². The van der Waals surface area contributed by atoms with Crippen LogP contribution in [-0.4, -0.2) is 38.5 Å². The SMILES string of the molecule is C=C(C)C(=O)NCCn1cc(C(=O)O)nn1. The second-order valence-electron chi connectivity index (χ2n) is 3.21. The largest absolute Gasteiger partial charge is 0.476 e. The first-order valence-corrected chi connectivity index (χ1v) is 4.58. The summed E-state index contributed by atoms with van der Waals surface area (Å²) in [5.41, 5.74) is 0.302. The van der Waals surface area contributed by atoms with Crippen LogP contribution in [0.1, 0.15) is 17.4 Å². The molecule has 1 amide bonds. The summed E-state index contributed by atoms with van der Waals surface area (Å²) in [5, 5.41) is 18.2. The number of aromatic carboxylic acids is 1. The number of carbonyl (C=O) groups excluding carboxylic acids is 1. The molecule has 1 heterocycles. The van der Waals surface area contributed by atoms with Gasteiger partial charge in [0.25, 0.3) is 0 Å². The molecule has 0 aliphatic heterocycles. The van der Waals surface area contributed by atoms with Crippen molar-refractivity contribution >= 4 is 11.9 Å². The maximum Gasteiger partial charge on any atom is 0.358 e. The summed E-state index contributed by atoms with van der Waals surface area (Å²) in [7, 11) is 0. The quantitative estimate of drug-likeness (QED) is 0.667. The zero-order valence-corrected chi connectivity index (χ0v) is 8.80. The molecule has 0 spiro atoms. The highest BCUT2D eigenvalue weighted by atomic mass is 16.4. The number of carboxylic acid groups (broad SMARTS) is 1. The number of hydrogen-bond acceptors (Lipinski definition) is 4. The maximum atomic E-state index is 11.1. The molecule has 16 heavy (non-hydrogen) atoms. The molecule has 0 fully saturated rings. The number of carboxylic acids is 1. The Balaban J connectivity index is 2.40. The van der Waals surface area contributed by atoms with Gasteiger partial charge in [-0.15, -0.1) is 5.10 Å². The fourth-order valence-electron chi connectivity index (χ4n) is 0.941. The van der Waals surface area contributed by atoms with Crippen LogP contribution in [0.2, 0.25) is 0 Å². The van der Waals surface area contributed by atoms with Crippen molar-refractivity contribution in [3.63, 3.8) is 0 Å². The maximum absolute atomic E-state index is 11.1. The van der Waals surface area contributed by atoms with Gasteiger partial charge in [0.15, 0.2) is 5.69 Å². The fraction of sp³-hybridized carbons (Fsp3) is 0.333. The summed E-state index contributed by atoms with van der Waals surface area (Å²) in [6.07, 6.45) is 1.30. The molecule has 7 heteroatoms. The first kappa shape index (κ1) is 11.9. The molecule has 0 aliphatic carbocycles. The number of hydrogen-bond donors (Lipinski definition) is 2. The minimum absolute atomic E-state index is 0.119. The van der Waals surface area contributed by atoms with E-state index in [1.165, 1.54) is 10.9 Å². The first-order chi connectivity index (χ1) is 7.50. The Hall–Kier alpha value is -2.18. The molecule has 2 N–H and O–H groups in total. The van der Waals surface area contributed by atoms with Crippen molar-refractivity contribution in [1.82, 2.24) is 20.3 Å². The minimum Gasteiger partial charge on any atom is -0.476 e. The summed E-state index contributed by atoms with van der Waals surface area (Å²) in [6, 6.07) is 0. The summed E-state index contributed by atoms with van der Waals surface area (Å²) in [4.78, 5) is 21.6. The van der Waals surface area contributed by atoms with E-state index in [4.69, 9.17) is 5.11 Å². The average molecular weight is 224 g/mol. The van der Waals surface area contributed by atoms with Gasteiger partial charge < -0.3 is 10.4 Å². The van der Waals surface area contributed by atoms with E-state index in [1.807, 2.05) is 0 Å². The second kappa shape index (κ2) is 5.06. The number of nitrogens with zero attached hydrogens (tertiary/aromatic N) is 3. The van der Waals surface area contributed by atoms with E-state index in [0.717, 1.165) is 0 Å². The van der Waals surface area contributed by atoms with E-state index in [-0.39, 0.29) is 11.6 Å². The molecule has 0 saturated heterocycles. The van der Waals surface area contributed by atoms with Gasteiger partial charge in [-0.3, -0.25) is 4.79 Å². The summed E-state index contributed by atoms with van der Waals surface area (Å²) in [6.45, 7) is 5.79. The average Bonchev–Trinajstić information content (AvgIpc) is 2.66. The molecule has 0 bridgehead atoms. The fourth-order valence-corrected chi connectivity index (χ4v) is 0.941. The van der Waals surface area contributed by atoms with Gasteiger partial charge in [-0.25, -0.2) is 9.48 Å². The smallest absolute Gasteiger partial charge is 0.358 e. The third-order valence-electron chi connectivity index (χ3n) is 1.77. The third-order valence-corrected chi connectivity index (χ3v) is 1.77. The Bertz CT molecular complexity index is 424. The topological polar surface area (TPSA) is 97.1 Å². The highest BCUT2D eigenvalue weighted by Crippen LogP contribution is 1.92. The van der Waals surface area contributed by atoms with Crippen LogP contribution in [0.15, 0.2) is 18.3 Å². The molecule has 0 unspecified atom stereocenters. The predicted octanol–water partition coefficient (Wildman–Crippen LogP) is -0.331. The van der Waals surface area contributed by atoms with Crippen molar-refractivity contribution in [2.24, 2.45) is 0 Å². The summed E-state index contributed by atoms with van der Waals surface area (Å²) in [5.74, 6) is -1.37. The summed E-state index contributed by atoms with van der Waals surface area (Å²) < 4.78 is 1.35. The van der Waals surface area contributed by atoms with Crippen LogP contribution in [0.4, 0.5) is 0 Å². The Morgan fingerprint density at radius 3 is 2.81 bits per heavy atom. The molecule has 1 aromatic heterocycles. The normalized spacial score (nSPS) is 9.81. The van der Waals surface area contributed by atoms with Crippen LogP contribution in [0.3, 0.4) is 0 Å². The molecule has 0 aliphatic rings. The Kier molecular flexibility index (Phi) is 3.76. The Morgan fingerprint density at radius 2 is 2.31 bits per heavy atom. The van der Waals surface area contributed by atoms with Crippen molar-refractivity contribution < 1.29 is 14.7 Å². The molecule has 1 aromatic rings. The molecular formula is C9H12N4O3. The lowest BCUT2D eigenvalue weighted by Gasteiger charge is -2.03. The lowest BCUT2D eigenvalue weighted by Crippen LogP contribution is -2.27. The number of amides is 1. The third kappa shape index (κ3) is 3.19. The highest BCUT2D eigenvalue weighted by Gasteiger charge is 2.08. The van der Waals surface area contributed by atoms with Gasteiger partial charge >= 0.3 is 5.97 Å². The number of nitrogens with one attached hydrogen (secondary N) is 1. The van der Waals surface area contributed by atoms with Crippen molar-refractivity contribution in [3.05, 3.63) is 24.0 Å². The van der Waals surface area contributed by atoms with E-state index in [1.54, 1.807) is 6.92 Å². The number of rotatable bonds is 5. The van der Waals surface area contributed by atoms with E-state index >= 15 is 0 Å². The second-order valence-corrected chi connectivity index (χ2v) is 3.21. The molecule has 86 valence electrons. The van der Waals surface area contributed by atoms with Crippen molar-refractivity contribution in [2.75, 3.05) is 6.54 Å². The molecule has 0 radical (unpaired) electrons. The molecule has 1 rings (SSSR count). The van der Waals surface area contributed by atoms with Crippen LogP contribution >= 0.6 is 0 Å². The first-order valence-electron chi connectivity index (χ1n) is 4.58. The van der Waals surface area contributed by atoms with Crippen molar-refractivity contribution in [3.8, 4) is 0 Å². The van der Waals surface area contributed by atoms with E-state index < -0.39 is 5.97 Å². The Labute approximate surface area is 91.8 Å². The van der Waals surface area contributed by atoms with Crippen molar-refractivity contribution in [1.29, 1.82) is 0 Å². The minimum atomic E-state index is -1.13. The number of carbonyl (C=O) groups is 2. The zero-order chi connectivity index (χ0) is 12.1. The van der Waals surface area contributed by atoms with Crippen LogP contribution in [0.25, 0.3) is 0 Å². The monoisotopic (exact) mass is 224 g/mol. The van der Waals surface area contributed by atoms with Crippen LogP contribution in [0.5, 0.6) is 0 Å². The number of aromatic nitrogens is 3. The van der Waals surface area contributed by atoms with Crippen LogP contribution in [0, 0.1) is 0 Å². The van der Waals surface area contributed by atoms with Gasteiger partial charge in [0.2, 0.25) is 5.91 Å². The van der Waals surface area contributed by atoms with Gasteiger partial charge in [-0.2, -0.15) is 0 Å². The molecule has 0 atom stereocenters. The van der Waals surface area contributed by atoms with Gasteiger partial charge in [0, 0.05) is 12.1 Å². The zero-order valence-electron chi connectivity index (χ0n) is 8.80. The predicted molar refractivity (Wildman–Crippen MR) is 54.8 cm³/mol. The van der Waals surface area contributed by atoms with Crippen LogP contribution < -0.4 is 5.32 Å². The van der Waals surface area contributed by atoms with Crippen LogP contribution in [-0.2, 0) is 11.3 Å². The summed E-state index contributed by atoms with van der Waals surface area (Å²) >= 11 is 0. The molecule has 0 aromatic carbocycles. The highest BCUT2D eigenvalue weighted by molar-refractivity contribution is 5.92. The lowest BCUT2D eigenvalue weighted by molar-refractivity contribution is -0.117. The van der Waals surface area contributed by atoms with Crippen molar-refractivity contribution in [2.45, 2.75) is 13.5 Å². The van der Waals surface area contributed by atoms with E-state index in [0.29, 0.717) is 18.7 Å². The van der Waals surface area contributed by atoms with Gasteiger partial charge in [-0.05, 0) is 6.92 Å². The molecule has 7 nitrogen and oxygen atoms in total. The molecule has 0 saturated carbocycles. The lowest BCUT2D eigenvalue weighted by atomic mass is 10.3. The standard InChI is InChI=1S/C9H12N4O3/c1-6(2)8(14)10-3-4-13-5-7(9(15)16)11-12-13/h5H,1,3-4H2,2H3,(H,10,14)(H,15,16). The molecular weight excluding hydrogens is 212 g/mol.